The Hall–Kier alpha value is -2.97. The van der Waals surface area contributed by atoms with Crippen molar-refractivity contribution in [2.45, 2.75) is 36.6 Å². The second kappa shape index (κ2) is 9.26. The van der Waals surface area contributed by atoms with Gasteiger partial charge in [0.1, 0.15) is 17.6 Å². The van der Waals surface area contributed by atoms with E-state index in [2.05, 4.69) is 4.98 Å². The monoisotopic (exact) mass is 454 g/mol. The van der Waals surface area contributed by atoms with E-state index in [1.54, 1.807) is 21.1 Å². The molecule has 0 bridgehead atoms. The van der Waals surface area contributed by atoms with Crippen LogP contribution in [0.1, 0.15) is 19.8 Å². The van der Waals surface area contributed by atoms with Crippen LogP contribution in [0.15, 0.2) is 53.7 Å². The number of nitrogens with one attached hydrogen (secondary N) is 1. The lowest BCUT2D eigenvalue weighted by Gasteiger charge is -2.32. The molecule has 0 radical (unpaired) electrons. The molecule has 1 fully saturated rings. The summed E-state index contributed by atoms with van der Waals surface area (Å²) in [6.45, 7) is 1.67. The van der Waals surface area contributed by atoms with E-state index in [1.165, 1.54) is 11.8 Å². The SMILES string of the molecule is COc1ccc(-c2nc(SC[C@@H]3C[C@@](C)(O)CC(=O)O3)[nH]c2-c2ccc(OC)cc2)cc1. The number of thioether (sulfide) groups is 1. The lowest BCUT2D eigenvalue weighted by Crippen LogP contribution is -2.41. The number of hydrogen-bond donors (Lipinski definition) is 2. The molecule has 1 aliphatic heterocycles. The first kappa shape index (κ1) is 22.2. The van der Waals surface area contributed by atoms with Crippen molar-refractivity contribution in [3.63, 3.8) is 0 Å². The van der Waals surface area contributed by atoms with Crippen LogP contribution < -0.4 is 9.47 Å². The number of aromatic amines is 1. The van der Waals surface area contributed by atoms with E-state index >= 15 is 0 Å². The fraction of sp³-hybridized carbons (Fsp3) is 0.333. The fourth-order valence-corrected chi connectivity index (χ4v) is 4.61. The first-order chi connectivity index (χ1) is 15.4. The minimum atomic E-state index is -1.04. The maximum absolute atomic E-state index is 11.8. The zero-order valence-corrected chi connectivity index (χ0v) is 19.1. The number of H-pyrrole nitrogens is 1. The van der Waals surface area contributed by atoms with Gasteiger partial charge >= 0.3 is 5.97 Å². The van der Waals surface area contributed by atoms with Crippen molar-refractivity contribution in [3.8, 4) is 34.0 Å². The van der Waals surface area contributed by atoms with Gasteiger partial charge < -0.3 is 24.3 Å². The summed E-state index contributed by atoms with van der Waals surface area (Å²) in [4.78, 5) is 20.0. The molecular weight excluding hydrogens is 428 g/mol. The fourth-order valence-electron chi connectivity index (χ4n) is 3.75. The molecule has 0 saturated carbocycles. The summed E-state index contributed by atoms with van der Waals surface area (Å²) in [5.74, 6) is 1.68. The Kier molecular flexibility index (Phi) is 6.43. The Balaban J connectivity index is 1.61. The van der Waals surface area contributed by atoms with E-state index in [0.29, 0.717) is 17.3 Å². The number of ether oxygens (including phenoxy) is 3. The van der Waals surface area contributed by atoms with Crippen LogP contribution in [0.5, 0.6) is 11.5 Å². The highest BCUT2D eigenvalue weighted by Crippen LogP contribution is 2.35. The van der Waals surface area contributed by atoms with Crippen LogP contribution in [0.25, 0.3) is 22.5 Å². The molecule has 0 spiro atoms. The van der Waals surface area contributed by atoms with Crippen LogP contribution in [-0.4, -0.2) is 52.7 Å². The van der Waals surface area contributed by atoms with Crippen LogP contribution in [0.3, 0.4) is 0 Å². The third-order valence-corrected chi connectivity index (χ3v) is 6.33. The van der Waals surface area contributed by atoms with Gasteiger partial charge in [-0.05, 0) is 55.5 Å². The van der Waals surface area contributed by atoms with Gasteiger partial charge in [0.05, 0.1) is 37.6 Å². The molecule has 2 atom stereocenters. The molecule has 168 valence electrons. The van der Waals surface area contributed by atoms with Crippen molar-refractivity contribution in [3.05, 3.63) is 48.5 Å². The molecule has 32 heavy (non-hydrogen) atoms. The lowest BCUT2D eigenvalue weighted by molar-refractivity contribution is -0.165. The summed E-state index contributed by atoms with van der Waals surface area (Å²) in [6, 6.07) is 15.5. The van der Waals surface area contributed by atoms with Crippen molar-refractivity contribution in [1.82, 2.24) is 9.97 Å². The van der Waals surface area contributed by atoms with Crippen molar-refractivity contribution >= 4 is 17.7 Å². The van der Waals surface area contributed by atoms with Crippen molar-refractivity contribution < 1.29 is 24.1 Å². The summed E-state index contributed by atoms with van der Waals surface area (Å²) < 4.78 is 16.0. The number of imidazole rings is 1. The van der Waals surface area contributed by atoms with Gasteiger partial charge in [-0.1, -0.05) is 11.8 Å². The second-order valence-electron chi connectivity index (χ2n) is 8.02. The number of benzene rings is 2. The summed E-state index contributed by atoms with van der Waals surface area (Å²) in [7, 11) is 3.27. The largest absolute Gasteiger partial charge is 0.497 e. The Morgan fingerprint density at radius 3 is 2.25 bits per heavy atom. The van der Waals surface area contributed by atoms with E-state index < -0.39 is 5.60 Å². The predicted molar refractivity (Wildman–Crippen MR) is 123 cm³/mol. The van der Waals surface area contributed by atoms with E-state index in [0.717, 1.165) is 34.0 Å². The van der Waals surface area contributed by atoms with Crippen molar-refractivity contribution in [2.75, 3.05) is 20.0 Å². The minimum Gasteiger partial charge on any atom is -0.497 e. The molecule has 0 amide bonds. The maximum Gasteiger partial charge on any atom is 0.309 e. The molecule has 1 aliphatic rings. The van der Waals surface area contributed by atoms with E-state index in [9.17, 15) is 9.90 Å². The number of carbonyl (C=O) groups is 1. The second-order valence-corrected chi connectivity index (χ2v) is 9.03. The minimum absolute atomic E-state index is 0.0259. The molecule has 7 nitrogen and oxygen atoms in total. The summed E-state index contributed by atoms with van der Waals surface area (Å²) in [5.41, 5.74) is 2.59. The molecule has 2 heterocycles. The zero-order chi connectivity index (χ0) is 22.7. The standard InChI is InChI=1S/C24H26N2O5S/c1-24(28)12-19(31-20(27)13-24)14-32-23-25-21(15-4-8-17(29-2)9-5-15)22(26-23)16-6-10-18(30-3)11-7-16/h4-11,19,28H,12-14H2,1-3H3,(H,25,26)/t19-,24+/m0/s1. The molecule has 0 aliphatic carbocycles. The Labute approximate surface area is 191 Å². The smallest absolute Gasteiger partial charge is 0.309 e. The average molecular weight is 455 g/mol. The highest BCUT2D eigenvalue weighted by molar-refractivity contribution is 7.99. The van der Waals surface area contributed by atoms with Gasteiger partial charge in [-0.15, -0.1) is 0 Å². The number of rotatable bonds is 7. The molecule has 4 rings (SSSR count). The highest BCUT2D eigenvalue weighted by atomic mass is 32.2. The summed E-state index contributed by atoms with van der Waals surface area (Å²) in [6.07, 6.45) is 0.0663. The van der Waals surface area contributed by atoms with Crippen LogP contribution in [0.4, 0.5) is 0 Å². The van der Waals surface area contributed by atoms with E-state index in [-0.39, 0.29) is 18.5 Å². The molecular formula is C24H26N2O5S. The third kappa shape index (κ3) is 5.08. The molecule has 3 aromatic rings. The molecule has 0 unspecified atom stereocenters. The van der Waals surface area contributed by atoms with Gasteiger partial charge in [-0.2, -0.15) is 0 Å². The first-order valence-electron chi connectivity index (χ1n) is 10.3. The Morgan fingerprint density at radius 2 is 1.69 bits per heavy atom. The Morgan fingerprint density at radius 1 is 1.09 bits per heavy atom. The normalized spacial score (nSPS) is 20.6. The van der Waals surface area contributed by atoms with Crippen LogP contribution in [-0.2, 0) is 9.53 Å². The molecule has 2 N–H and O–H groups in total. The Bertz CT molecular complexity index is 1010. The average Bonchev–Trinajstić information content (AvgIpc) is 3.21. The summed E-state index contributed by atoms with van der Waals surface area (Å²) >= 11 is 1.46. The summed E-state index contributed by atoms with van der Waals surface area (Å²) in [5, 5.41) is 11.0. The molecule has 2 aromatic carbocycles. The van der Waals surface area contributed by atoms with Crippen LogP contribution in [0.2, 0.25) is 0 Å². The number of carbonyl (C=O) groups excluding carboxylic acids is 1. The number of methoxy groups -OCH3 is 2. The van der Waals surface area contributed by atoms with E-state index in [1.807, 2.05) is 48.5 Å². The van der Waals surface area contributed by atoms with Gasteiger partial charge in [0.15, 0.2) is 5.16 Å². The number of cyclic esters (lactones) is 1. The molecule has 1 saturated heterocycles. The molecule has 8 heteroatoms. The lowest BCUT2D eigenvalue weighted by atomic mass is 9.93. The number of aromatic nitrogens is 2. The predicted octanol–water partition coefficient (Wildman–Crippen LogP) is 4.31. The number of aliphatic hydroxyl groups is 1. The maximum atomic E-state index is 11.8. The van der Waals surface area contributed by atoms with Crippen molar-refractivity contribution in [1.29, 1.82) is 0 Å². The molecule has 1 aromatic heterocycles. The zero-order valence-electron chi connectivity index (χ0n) is 18.3. The number of hydrogen-bond acceptors (Lipinski definition) is 7. The quantitative estimate of drug-likeness (QED) is 0.406. The van der Waals surface area contributed by atoms with Gasteiger partial charge in [0, 0.05) is 23.3 Å². The van der Waals surface area contributed by atoms with Crippen LogP contribution in [0, 0.1) is 0 Å². The van der Waals surface area contributed by atoms with Gasteiger partial charge in [0.2, 0.25) is 0 Å². The number of esters is 1. The third-order valence-electron chi connectivity index (χ3n) is 5.32. The topological polar surface area (TPSA) is 93.7 Å². The highest BCUT2D eigenvalue weighted by Gasteiger charge is 2.36. The van der Waals surface area contributed by atoms with Crippen LogP contribution >= 0.6 is 11.8 Å². The first-order valence-corrected chi connectivity index (χ1v) is 11.3. The van der Waals surface area contributed by atoms with Gasteiger partial charge in [-0.3, -0.25) is 4.79 Å². The van der Waals surface area contributed by atoms with Crippen molar-refractivity contribution in [2.24, 2.45) is 0 Å². The number of nitrogens with zero attached hydrogens (tertiary/aromatic N) is 1. The van der Waals surface area contributed by atoms with Gasteiger partial charge in [0.25, 0.3) is 0 Å². The van der Waals surface area contributed by atoms with Gasteiger partial charge in [-0.25, -0.2) is 4.98 Å². The van der Waals surface area contributed by atoms with E-state index in [4.69, 9.17) is 19.2 Å².